The average Bonchev–Trinajstić information content (AvgIpc) is 2.77. The quantitative estimate of drug-likeness (QED) is 0.710. The van der Waals surface area contributed by atoms with Crippen LogP contribution in [0.1, 0.15) is 22.7 Å². The molecule has 0 aromatic carbocycles. The van der Waals surface area contributed by atoms with Gasteiger partial charge in [0.05, 0.1) is 0 Å². The lowest BCUT2D eigenvalue weighted by Crippen LogP contribution is -2.26. The number of hydrogen-bond donors (Lipinski definition) is 2. The summed E-state index contributed by atoms with van der Waals surface area (Å²) in [6.07, 6.45) is 0.783. The molecular formula is C12H22ClN3O4S. The van der Waals surface area contributed by atoms with Crippen molar-refractivity contribution in [2.75, 3.05) is 34.2 Å². The number of nitrogens with one attached hydrogen (secondary N) is 2. The molecule has 0 bridgehead atoms. The number of furan rings is 1. The molecule has 0 aliphatic carbocycles. The van der Waals surface area contributed by atoms with Crippen LogP contribution in [-0.4, -0.2) is 52.9 Å². The van der Waals surface area contributed by atoms with Crippen LogP contribution >= 0.6 is 12.4 Å². The molecule has 0 aliphatic rings. The van der Waals surface area contributed by atoms with Crippen molar-refractivity contribution in [2.24, 2.45) is 0 Å². The normalized spacial score (nSPS) is 11.3. The van der Waals surface area contributed by atoms with Gasteiger partial charge < -0.3 is 15.1 Å². The first-order valence-electron chi connectivity index (χ1n) is 6.26. The molecule has 1 aromatic heterocycles. The molecule has 21 heavy (non-hydrogen) atoms. The Morgan fingerprint density at radius 1 is 1.33 bits per heavy atom. The predicted octanol–water partition coefficient (Wildman–Crippen LogP) is 0.599. The molecule has 1 heterocycles. The third-order valence-electron chi connectivity index (χ3n) is 2.74. The highest BCUT2D eigenvalue weighted by atomic mass is 35.5. The molecule has 0 saturated carbocycles. The smallest absolute Gasteiger partial charge is 0.287 e. The zero-order valence-electron chi connectivity index (χ0n) is 12.6. The van der Waals surface area contributed by atoms with Crippen LogP contribution in [0.15, 0.2) is 15.4 Å². The number of hydrogen-bond acceptors (Lipinski definition) is 5. The molecule has 1 aromatic rings. The lowest BCUT2D eigenvalue weighted by atomic mass is 10.3. The Labute approximate surface area is 131 Å². The first-order valence-corrected chi connectivity index (χ1v) is 7.70. The summed E-state index contributed by atoms with van der Waals surface area (Å²) in [6, 6.07) is 1.26. The Hall–Kier alpha value is -1.09. The minimum Gasteiger partial charge on any atom is -0.455 e. The number of nitrogens with zero attached hydrogens (tertiary/aromatic N) is 1. The molecule has 0 aliphatic heterocycles. The fourth-order valence-electron chi connectivity index (χ4n) is 1.58. The summed E-state index contributed by atoms with van der Waals surface area (Å²) in [5.74, 6) is -0.198. The fraction of sp³-hybridized carbons (Fsp3) is 0.583. The van der Waals surface area contributed by atoms with E-state index in [0.717, 1.165) is 17.3 Å². The van der Waals surface area contributed by atoms with Gasteiger partial charge in [0, 0.05) is 26.7 Å². The van der Waals surface area contributed by atoms with Crippen LogP contribution < -0.4 is 10.6 Å². The van der Waals surface area contributed by atoms with Gasteiger partial charge in [-0.05, 0) is 26.9 Å². The van der Waals surface area contributed by atoms with Crippen molar-refractivity contribution in [3.63, 3.8) is 0 Å². The van der Waals surface area contributed by atoms with Gasteiger partial charge in [-0.3, -0.25) is 4.79 Å². The third kappa shape index (κ3) is 4.99. The van der Waals surface area contributed by atoms with Crippen LogP contribution in [-0.2, 0) is 10.0 Å². The minimum absolute atomic E-state index is 0. The summed E-state index contributed by atoms with van der Waals surface area (Å²) in [5, 5.41) is 5.64. The number of rotatable bonds is 7. The van der Waals surface area contributed by atoms with Crippen molar-refractivity contribution in [3.05, 3.63) is 17.6 Å². The Bertz CT molecular complexity index is 569. The monoisotopic (exact) mass is 339 g/mol. The number of sulfonamides is 1. The molecule has 0 saturated heterocycles. The van der Waals surface area contributed by atoms with E-state index in [-0.39, 0.29) is 28.8 Å². The summed E-state index contributed by atoms with van der Waals surface area (Å²) in [6.45, 7) is 2.81. The molecule has 122 valence electrons. The van der Waals surface area contributed by atoms with Gasteiger partial charge in [-0.15, -0.1) is 12.4 Å². The van der Waals surface area contributed by atoms with Crippen molar-refractivity contribution in [2.45, 2.75) is 18.2 Å². The number of aryl methyl sites for hydroxylation is 1. The van der Waals surface area contributed by atoms with Gasteiger partial charge in [0.1, 0.15) is 10.7 Å². The molecule has 9 heteroatoms. The van der Waals surface area contributed by atoms with Gasteiger partial charge in [-0.1, -0.05) is 0 Å². The highest BCUT2D eigenvalue weighted by Crippen LogP contribution is 2.22. The number of halogens is 1. The Morgan fingerprint density at radius 2 is 1.95 bits per heavy atom. The molecule has 7 nitrogen and oxygen atoms in total. The van der Waals surface area contributed by atoms with Crippen LogP contribution in [0.25, 0.3) is 0 Å². The SMILES string of the molecule is CNCCCNC(=O)c1cc(S(=O)(=O)N(C)C)c(C)o1.Cl. The van der Waals surface area contributed by atoms with E-state index in [1.54, 1.807) is 0 Å². The van der Waals surface area contributed by atoms with E-state index in [0.29, 0.717) is 6.54 Å². The second kappa shape index (κ2) is 8.38. The maximum absolute atomic E-state index is 12.0. The van der Waals surface area contributed by atoms with E-state index in [9.17, 15) is 13.2 Å². The van der Waals surface area contributed by atoms with E-state index in [4.69, 9.17) is 4.42 Å². The molecule has 1 rings (SSSR count). The first kappa shape index (κ1) is 19.9. The summed E-state index contributed by atoms with van der Waals surface area (Å²) in [7, 11) is 1.09. The molecule has 0 radical (unpaired) electrons. The predicted molar refractivity (Wildman–Crippen MR) is 82.4 cm³/mol. The molecule has 0 atom stereocenters. The topological polar surface area (TPSA) is 91.6 Å². The van der Waals surface area contributed by atoms with Gasteiger partial charge in [0.2, 0.25) is 10.0 Å². The molecule has 0 spiro atoms. The van der Waals surface area contributed by atoms with Crippen LogP contribution in [0.3, 0.4) is 0 Å². The minimum atomic E-state index is -3.60. The zero-order valence-corrected chi connectivity index (χ0v) is 14.2. The summed E-state index contributed by atoms with van der Waals surface area (Å²) >= 11 is 0. The van der Waals surface area contributed by atoms with Crippen LogP contribution in [0.2, 0.25) is 0 Å². The third-order valence-corrected chi connectivity index (χ3v) is 4.67. The van der Waals surface area contributed by atoms with Crippen molar-refractivity contribution in [3.8, 4) is 0 Å². The summed E-state index contributed by atoms with van der Waals surface area (Å²) in [5.41, 5.74) is 0. The Kier molecular flexibility index (Phi) is 7.94. The van der Waals surface area contributed by atoms with Crippen molar-refractivity contribution >= 4 is 28.3 Å². The number of carbonyl (C=O) groups excluding carboxylic acids is 1. The van der Waals surface area contributed by atoms with Crippen LogP contribution in [0.5, 0.6) is 0 Å². The maximum Gasteiger partial charge on any atom is 0.287 e. The second-order valence-electron chi connectivity index (χ2n) is 4.53. The first-order chi connectivity index (χ1) is 9.30. The lowest BCUT2D eigenvalue weighted by Gasteiger charge is -2.09. The zero-order chi connectivity index (χ0) is 15.3. The summed E-state index contributed by atoms with van der Waals surface area (Å²) in [4.78, 5) is 11.9. The summed E-state index contributed by atoms with van der Waals surface area (Å²) < 4.78 is 30.3. The maximum atomic E-state index is 12.0. The van der Waals surface area contributed by atoms with Crippen LogP contribution in [0.4, 0.5) is 0 Å². The molecule has 1 amide bonds. The van der Waals surface area contributed by atoms with Gasteiger partial charge in [0.15, 0.2) is 5.76 Å². The largest absolute Gasteiger partial charge is 0.455 e. The van der Waals surface area contributed by atoms with E-state index in [1.807, 2.05) is 7.05 Å². The number of amides is 1. The number of carbonyl (C=O) groups is 1. The van der Waals surface area contributed by atoms with Crippen molar-refractivity contribution in [1.29, 1.82) is 0 Å². The molecule has 0 fully saturated rings. The van der Waals surface area contributed by atoms with Crippen molar-refractivity contribution < 1.29 is 17.6 Å². The highest BCUT2D eigenvalue weighted by molar-refractivity contribution is 7.89. The molecule has 0 unspecified atom stereocenters. The standard InChI is InChI=1S/C12H21N3O4S.ClH/c1-9-11(20(17,18)15(3)4)8-10(19-9)12(16)14-7-5-6-13-2;/h8,13H,5-7H2,1-4H3,(H,14,16);1H. The average molecular weight is 340 g/mol. The van der Waals surface area contributed by atoms with Gasteiger partial charge in [-0.2, -0.15) is 0 Å². The van der Waals surface area contributed by atoms with E-state index < -0.39 is 15.9 Å². The lowest BCUT2D eigenvalue weighted by molar-refractivity contribution is 0.0924. The van der Waals surface area contributed by atoms with Crippen LogP contribution in [0, 0.1) is 6.92 Å². The fourth-order valence-corrected chi connectivity index (χ4v) is 2.64. The molecular weight excluding hydrogens is 318 g/mol. The highest BCUT2D eigenvalue weighted by Gasteiger charge is 2.25. The van der Waals surface area contributed by atoms with Gasteiger partial charge >= 0.3 is 0 Å². The molecule has 2 N–H and O–H groups in total. The van der Waals surface area contributed by atoms with E-state index in [1.165, 1.54) is 27.1 Å². The Morgan fingerprint density at radius 3 is 2.48 bits per heavy atom. The van der Waals surface area contributed by atoms with Gasteiger partial charge in [-0.25, -0.2) is 12.7 Å². The van der Waals surface area contributed by atoms with E-state index >= 15 is 0 Å². The van der Waals surface area contributed by atoms with Gasteiger partial charge in [0.25, 0.3) is 5.91 Å². The van der Waals surface area contributed by atoms with E-state index in [2.05, 4.69) is 10.6 Å². The Balaban J connectivity index is 0.00000400. The van der Waals surface area contributed by atoms with Crippen molar-refractivity contribution in [1.82, 2.24) is 14.9 Å². The second-order valence-corrected chi connectivity index (χ2v) is 6.65.